The summed E-state index contributed by atoms with van der Waals surface area (Å²) in [4.78, 5) is -0.0769. The molecule has 0 bridgehead atoms. The van der Waals surface area contributed by atoms with Crippen molar-refractivity contribution in [3.8, 4) is 0 Å². The predicted molar refractivity (Wildman–Crippen MR) is 52.8 cm³/mol. The quantitative estimate of drug-likeness (QED) is 0.700. The number of hydrogen-bond donors (Lipinski definition) is 0. The van der Waals surface area contributed by atoms with Crippen LogP contribution < -0.4 is 0 Å². The van der Waals surface area contributed by atoms with Crippen molar-refractivity contribution in [3.63, 3.8) is 0 Å². The molecule has 14 heavy (non-hydrogen) atoms. The fourth-order valence-corrected chi connectivity index (χ4v) is 1.81. The third-order valence-electron chi connectivity index (χ3n) is 1.98. The molecule has 1 unspecified atom stereocenters. The maximum absolute atomic E-state index is 13.3. The fourth-order valence-electron chi connectivity index (χ4n) is 1.21. The molecule has 1 aromatic carbocycles. The Balaban J connectivity index is 3.24. The molecular weight excluding hydrogens is 206 g/mol. The zero-order valence-electron chi connectivity index (χ0n) is 8.30. The highest BCUT2D eigenvalue weighted by Crippen LogP contribution is 2.24. The van der Waals surface area contributed by atoms with Gasteiger partial charge in [-0.05, 0) is 28.7 Å². The molecule has 0 heterocycles. The molecule has 0 N–H and O–H groups in total. The minimum absolute atomic E-state index is 0.0769. The highest BCUT2D eigenvalue weighted by atomic mass is 32.2. The molecule has 1 nitrogen and oxygen atoms in total. The van der Waals surface area contributed by atoms with Crippen LogP contribution in [-0.2, 0) is 11.2 Å². The van der Waals surface area contributed by atoms with Gasteiger partial charge in [0.05, 0.1) is 0 Å². The lowest BCUT2D eigenvalue weighted by Gasteiger charge is -2.10. The Labute approximate surface area is 85.3 Å². The van der Waals surface area contributed by atoms with Crippen molar-refractivity contribution in [2.45, 2.75) is 24.7 Å². The molecule has 4 heteroatoms. The SMILES string of the molecule is CC(C)c1cc(F)c([S+](C)[O-])cc1F. The maximum Gasteiger partial charge on any atom is 0.191 e. The first-order chi connectivity index (χ1) is 6.43. The van der Waals surface area contributed by atoms with E-state index in [-0.39, 0.29) is 10.8 Å². The molecule has 1 atom stereocenters. The molecule has 1 rings (SSSR count). The largest absolute Gasteiger partial charge is 0.612 e. The summed E-state index contributed by atoms with van der Waals surface area (Å²) in [6, 6.07) is 2.14. The van der Waals surface area contributed by atoms with Crippen molar-refractivity contribution in [2.24, 2.45) is 0 Å². The summed E-state index contributed by atoms with van der Waals surface area (Å²) in [7, 11) is 0. The molecule has 0 spiro atoms. The molecule has 0 saturated carbocycles. The number of halogens is 2. The van der Waals surface area contributed by atoms with Gasteiger partial charge in [-0.15, -0.1) is 0 Å². The van der Waals surface area contributed by atoms with Crippen molar-refractivity contribution >= 4 is 11.2 Å². The molecular formula is C10H12F2OS. The van der Waals surface area contributed by atoms with E-state index in [0.29, 0.717) is 5.56 Å². The van der Waals surface area contributed by atoms with Crippen LogP contribution >= 0.6 is 0 Å². The van der Waals surface area contributed by atoms with E-state index in [2.05, 4.69) is 0 Å². The van der Waals surface area contributed by atoms with E-state index in [9.17, 15) is 13.3 Å². The zero-order chi connectivity index (χ0) is 10.9. The molecule has 0 radical (unpaired) electrons. The van der Waals surface area contributed by atoms with E-state index in [1.807, 2.05) is 0 Å². The van der Waals surface area contributed by atoms with E-state index in [1.165, 1.54) is 6.26 Å². The summed E-state index contributed by atoms with van der Waals surface area (Å²) in [6.45, 7) is 3.56. The molecule has 0 fully saturated rings. The second-order valence-electron chi connectivity index (χ2n) is 3.41. The molecule has 1 aromatic rings. The lowest BCUT2D eigenvalue weighted by Crippen LogP contribution is -2.04. The van der Waals surface area contributed by atoms with E-state index in [4.69, 9.17) is 0 Å². The molecule has 0 aromatic heterocycles. The second kappa shape index (κ2) is 4.28. The molecule has 0 aliphatic rings. The average molecular weight is 218 g/mol. The molecule has 0 amide bonds. The van der Waals surface area contributed by atoms with Crippen molar-refractivity contribution in [3.05, 3.63) is 29.3 Å². The van der Waals surface area contributed by atoms with Gasteiger partial charge in [-0.1, -0.05) is 13.8 Å². The van der Waals surface area contributed by atoms with Crippen LogP contribution in [-0.4, -0.2) is 10.8 Å². The van der Waals surface area contributed by atoms with Gasteiger partial charge >= 0.3 is 0 Å². The van der Waals surface area contributed by atoms with Crippen LogP contribution in [0.15, 0.2) is 17.0 Å². The third-order valence-corrected chi connectivity index (χ3v) is 2.92. The number of hydrogen-bond acceptors (Lipinski definition) is 1. The highest BCUT2D eigenvalue weighted by Gasteiger charge is 2.17. The highest BCUT2D eigenvalue weighted by molar-refractivity contribution is 7.90. The average Bonchev–Trinajstić information content (AvgIpc) is 2.07. The summed E-state index contributed by atoms with van der Waals surface area (Å²) in [5.41, 5.74) is 0.316. The Morgan fingerprint density at radius 1 is 1.21 bits per heavy atom. The first kappa shape index (κ1) is 11.5. The smallest absolute Gasteiger partial charge is 0.191 e. The first-order valence-electron chi connectivity index (χ1n) is 4.26. The van der Waals surface area contributed by atoms with Gasteiger partial charge in [-0.25, -0.2) is 8.78 Å². The third kappa shape index (κ3) is 2.25. The summed E-state index contributed by atoms with van der Waals surface area (Å²) in [6.07, 6.45) is 1.33. The Kier molecular flexibility index (Phi) is 3.50. The van der Waals surface area contributed by atoms with Crippen LogP contribution in [0.3, 0.4) is 0 Å². The Morgan fingerprint density at radius 2 is 1.79 bits per heavy atom. The van der Waals surface area contributed by atoms with Crippen LogP contribution in [0.1, 0.15) is 25.3 Å². The van der Waals surface area contributed by atoms with E-state index >= 15 is 0 Å². The number of rotatable bonds is 2. The predicted octanol–water partition coefficient (Wildman–Crippen LogP) is 2.83. The van der Waals surface area contributed by atoms with Gasteiger partial charge in [-0.2, -0.15) is 0 Å². The van der Waals surface area contributed by atoms with Gasteiger partial charge in [-0.3, -0.25) is 0 Å². The Hall–Kier alpha value is -0.610. The maximum atomic E-state index is 13.3. The normalized spacial score (nSPS) is 13.4. The molecule has 0 saturated heterocycles. The van der Waals surface area contributed by atoms with E-state index < -0.39 is 22.8 Å². The van der Waals surface area contributed by atoms with Crippen molar-refractivity contribution in [1.82, 2.24) is 0 Å². The van der Waals surface area contributed by atoms with E-state index in [1.54, 1.807) is 13.8 Å². The lowest BCUT2D eigenvalue weighted by molar-refractivity contribution is 0.542. The van der Waals surface area contributed by atoms with Gasteiger partial charge in [0, 0.05) is 6.07 Å². The zero-order valence-corrected chi connectivity index (χ0v) is 9.12. The minimum atomic E-state index is -1.49. The van der Waals surface area contributed by atoms with Crippen molar-refractivity contribution in [1.29, 1.82) is 0 Å². The van der Waals surface area contributed by atoms with Gasteiger partial charge in [0.1, 0.15) is 12.1 Å². The molecule has 0 aliphatic carbocycles. The topological polar surface area (TPSA) is 23.1 Å². The first-order valence-corrected chi connectivity index (χ1v) is 5.81. The standard InChI is InChI=1S/C10H12F2OS/c1-6(2)7-4-9(12)10(14(3)13)5-8(7)11/h4-6H,1-3H3. The van der Waals surface area contributed by atoms with Crippen LogP contribution in [0.2, 0.25) is 0 Å². The van der Waals surface area contributed by atoms with Crippen LogP contribution in [0.25, 0.3) is 0 Å². The van der Waals surface area contributed by atoms with Crippen LogP contribution in [0, 0.1) is 11.6 Å². The monoisotopic (exact) mass is 218 g/mol. The van der Waals surface area contributed by atoms with Gasteiger partial charge in [0.2, 0.25) is 0 Å². The molecule has 78 valence electrons. The van der Waals surface area contributed by atoms with Crippen LogP contribution in [0.4, 0.5) is 8.78 Å². The molecule has 0 aliphatic heterocycles. The lowest BCUT2D eigenvalue weighted by atomic mass is 10.0. The summed E-state index contributed by atoms with van der Waals surface area (Å²) in [5, 5.41) is 0. The van der Waals surface area contributed by atoms with Crippen molar-refractivity contribution < 1.29 is 13.3 Å². The minimum Gasteiger partial charge on any atom is -0.612 e. The summed E-state index contributed by atoms with van der Waals surface area (Å²) < 4.78 is 37.6. The van der Waals surface area contributed by atoms with Gasteiger partial charge in [0.25, 0.3) is 0 Å². The van der Waals surface area contributed by atoms with Gasteiger partial charge < -0.3 is 4.55 Å². The van der Waals surface area contributed by atoms with Crippen LogP contribution in [0.5, 0.6) is 0 Å². The Morgan fingerprint density at radius 3 is 2.21 bits per heavy atom. The summed E-state index contributed by atoms with van der Waals surface area (Å²) >= 11 is -1.49. The van der Waals surface area contributed by atoms with Crippen molar-refractivity contribution in [2.75, 3.05) is 6.26 Å². The number of benzene rings is 1. The Bertz CT molecular complexity index is 303. The fraction of sp³-hybridized carbons (Fsp3) is 0.400. The second-order valence-corrected chi connectivity index (χ2v) is 4.76. The summed E-state index contributed by atoms with van der Waals surface area (Å²) in [5.74, 6) is -1.17. The van der Waals surface area contributed by atoms with E-state index in [0.717, 1.165) is 12.1 Å². The van der Waals surface area contributed by atoms with Gasteiger partial charge in [0.15, 0.2) is 10.7 Å².